The van der Waals surface area contributed by atoms with Gasteiger partial charge in [-0.2, -0.15) is 9.67 Å². The minimum atomic E-state index is -0.604. The molecule has 0 fully saturated rings. The molecule has 0 aliphatic carbocycles. The van der Waals surface area contributed by atoms with E-state index < -0.39 is 5.72 Å². The van der Waals surface area contributed by atoms with Crippen LogP contribution in [0.25, 0.3) is 11.4 Å². The van der Waals surface area contributed by atoms with Gasteiger partial charge in [-0.3, -0.25) is 0 Å². The first-order valence-corrected chi connectivity index (χ1v) is 8.33. The van der Waals surface area contributed by atoms with Gasteiger partial charge in [0.2, 0.25) is 11.7 Å². The number of rotatable bonds is 2. The van der Waals surface area contributed by atoms with E-state index in [0.29, 0.717) is 5.82 Å². The van der Waals surface area contributed by atoms with Crippen LogP contribution in [0.3, 0.4) is 0 Å². The summed E-state index contributed by atoms with van der Waals surface area (Å²) in [6, 6.07) is 16.1. The van der Waals surface area contributed by atoms with Crippen molar-refractivity contribution >= 4 is 5.95 Å². The van der Waals surface area contributed by atoms with E-state index in [9.17, 15) is 0 Å². The minimum absolute atomic E-state index is 0.115. The maximum atomic E-state index is 6.38. The molecule has 126 valence electrons. The summed E-state index contributed by atoms with van der Waals surface area (Å²) in [5, 5.41) is 8.22. The fourth-order valence-corrected chi connectivity index (χ4v) is 3.69. The van der Waals surface area contributed by atoms with Crippen LogP contribution in [0.5, 0.6) is 11.5 Å². The Morgan fingerprint density at radius 3 is 2.84 bits per heavy atom. The molecule has 0 saturated heterocycles. The lowest BCUT2D eigenvalue weighted by molar-refractivity contribution is -0.0364. The summed E-state index contributed by atoms with van der Waals surface area (Å²) in [7, 11) is 1.66. The van der Waals surface area contributed by atoms with Crippen LogP contribution in [0.15, 0.2) is 48.5 Å². The van der Waals surface area contributed by atoms with Crippen LogP contribution in [0.2, 0.25) is 0 Å². The standard InChI is InChI=1S/C19H18N4O2/c1-19-11-14(13-9-6-10-15(24-2)16(13)25-19)20-18-21-17(22-23(18)19)12-7-4-3-5-8-12/h3-10,14H,11H2,1-2H3,(H,20,21,22)/t14-,19-/m1/s1. The number of hydrogen-bond donors (Lipinski definition) is 1. The smallest absolute Gasteiger partial charge is 0.225 e. The average molecular weight is 334 g/mol. The predicted octanol–water partition coefficient (Wildman–Crippen LogP) is 3.58. The molecule has 0 radical (unpaired) electrons. The van der Waals surface area contributed by atoms with Crippen molar-refractivity contribution in [2.75, 3.05) is 12.4 Å². The van der Waals surface area contributed by atoms with Crippen molar-refractivity contribution < 1.29 is 9.47 Å². The SMILES string of the molecule is COc1cccc2c1O[C@]1(C)C[C@H]2Nc2nc(-c3ccccc3)nn21. The molecular weight excluding hydrogens is 316 g/mol. The molecule has 25 heavy (non-hydrogen) atoms. The number of methoxy groups -OCH3 is 1. The number of nitrogens with one attached hydrogen (secondary N) is 1. The average Bonchev–Trinajstić information content (AvgIpc) is 3.07. The zero-order chi connectivity index (χ0) is 17.0. The molecule has 3 heterocycles. The fourth-order valence-electron chi connectivity index (χ4n) is 3.69. The van der Waals surface area contributed by atoms with Crippen molar-refractivity contribution in [2.45, 2.75) is 25.1 Å². The summed E-state index contributed by atoms with van der Waals surface area (Å²) in [6.07, 6.45) is 0.776. The molecular formula is C19H18N4O2. The second-order valence-corrected chi connectivity index (χ2v) is 6.59. The fraction of sp³-hybridized carbons (Fsp3) is 0.263. The topological polar surface area (TPSA) is 61.2 Å². The van der Waals surface area contributed by atoms with Gasteiger partial charge in [0.1, 0.15) is 0 Å². The van der Waals surface area contributed by atoms with Crippen molar-refractivity contribution in [1.29, 1.82) is 0 Å². The molecule has 0 unspecified atom stereocenters. The molecule has 1 N–H and O–H groups in total. The molecule has 2 aliphatic heterocycles. The van der Waals surface area contributed by atoms with Crippen LogP contribution in [-0.2, 0) is 5.72 Å². The van der Waals surface area contributed by atoms with Crippen molar-refractivity contribution in [2.24, 2.45) is 0 Å². The number of nitrogens with zero attached hydrogens (tertiary/aromatic N) is 3. The Kier molecular flexibility index (Phi) is 2.86. The lowest BCUT2D eigenvalue weighted by Gasteiger charge is -2.44. The van der Waals surface area contributed by atoms with Gasteiger partial charge >= 0.3 is 0 Å². The highest BCUT2D eigenvalue weighted by Crippen LogP contribution is 2.50. The Bertz CT molecular complexity index is 953. The quantitative estimate of drug-likeness (QED) is 0.776. The number of benzene rings is 2. The van der Waals surface area contributed by atoms with Gasteiger partial charge in [0, 0.05) is 17.5 Å². The van der Waals surface area contributed by atoms with E-state index in [1.165, 1.54) is 0 Å². The normalized spacial score (nSPS) is 23.0. The highest BCUT2D eigenvalue weighted by Gasteiger charge is 2.46. The number of ether oxygens (including phenoxy) is 2. The Labute approximate surface area is 145 Å². The van der Waals surface area contributed by atoms with Gasteiger partial charge < -0.3 is 14.8 Å². The van der Waals surface area contributed by atoms with Crippen LogP contribution in [0.1, 0.15) is 24.9 Å². The summed E-state index contributed by atoms with van der Waals surface area (Å²) < 4.78 is 13.7. The first-order chi connectivity index (χ1) is 12.2. The zero-order valence-corrected chi connectivity index (χ0v) is 14.1. The molecule has 0 amide bonds. The monoisotopic (exact) mass is 334 g/mol. The van der Waals surface area contributed by atoms with Crippen LogP contribution in [-0.4, -0.2) is 21.9 Å². The molecule has 3 aromatic rings. The van der Waals surface area contributed by atoms with E-state index in [0.717, 1.165) is 35.0 Å². The first-order valence-electron chi connectivity index (χ1n) is 8.33. The third kappa shape index (κ3) is 2.03. The highest BCUT2D eigenvalue weighted by molar-refractivity contribution is 5.58. The second-order valence-electron chi connectivity index (χ2n) is 6.59. The molecule has 5 rings (SSSR count). The van der Waals surface area contributed by atoms with Crippen LogP contribution in [0, 0.1) is 0 Å². The van der Waals surface area contributed by atoms with Gasteiger partial charge in [-0.1, -0.05) is 42.5 Å². The molecule has 0 spiro atoms. The summed E-state index contributed by atoms with van der Waals surface area (Å²) in [4.78, 5) is 4.69. The van der Waals surface area contributed by atoms with E-state index in [1.54, 1.807) is 7.11 Å². The molecule has 2 bridgehead atoms. The molecule has 1 aromatic heterocycles. The van der Waals surface area contributed by atoms with Gasteiger partial charge in [0.15, 0.2) is 17.3 Å². The van der Waals surface area contributed by atoms with Crippen LogP contribution >= 0.6 is 0 Å². The van der Waals surface area contributed by atoms with Crippen molar-refractivity contribution in [3.05, 3.63) is 54.1 Å². The highest BCUT2D eigenvalue weighted by atomic mass is 16.5. The summed E-state index contributed by atoms with van der Waals surface area (Å²) >= 11 is 0. The van der Waals surface area contributed by atoms with E-state index in [4.69, 9.17) is 19.6 Å². The van der Waals surface area contributed by atoms with Crippen LogP contribution in [0.4, 0.5) is 5.95 Å². The summed E-state index contributed by atoms with van der Waals surface area (Å²) in [5.74, 6) is 2.93. The lowest BCUT2D eigenvalue weighted by Crippen LogP contribution is -2.47. The summed E-state index contributed by atoms with van der Waals surface area (Å²) in [6.45, 7) is 2.04. The molecule has 2 aromatic carbocycles. The van der Waals surface area contributed by atoms with E-state index in [-0.39, 0.29) is 6.04 Å². The number of fused-ring (bicyclic) bond motifs is 6. The van der Waals surface area contributed by atoms with Crippen molar-refractivity contribution in [1.82, 2.24) is 14.8 Å². The van der Waals surface area contributed by atoms with E-state index in [1.807, 2.05) is 54.1 Å². The zero-order valence-electron chi connectivity index (χ0n) is 14.1. The molecule has 6 nitrogen and oxygen atoms in total. The molecule has 2 aliphatic rings. The third-order valence-corrected chi connectivity index (χ3v) is 4.90. The maximum Gasteiger partial charge on any atom is 0.225 e. The molecule has 6 heteroatoms. The van der Waals surface area contributed by atoms with Gasteiger partial charge in [0.05, 0.1) is 13.2 Å². The van der Waals surface area contributed by atoms with Gasteiger partial charge in [0.25, 0.3) is 0 Å². The third-order valence-electron chi connectivity index (χ3n) is 4.90. The number of aromatic nitrogens is 3. The molecule has 0 saturated carbocycles. The Morgan fingerprint density at radius 2 is 2.04 bits per heavy atom. The van der Waals surface area contributed by atoms with Crippen LogP contribution < -0.4 is 14.8 Å². The first kappa shape index (κ1) is 14.3. The number of anilines is 1. The van der Waals surface area contributed by atoms with Crippen molar-refractivity contribution in [3.63, 3.8) is 0 Å². The van der Waals surface area contributed by atoms with Gasteiger partial charge in [-0.25, -0.2) is 0 Å². The van der Waals surface area contributed by atoms with Gasteiger partial charge in [-0.15, -0.1) is 5.10 Å². The Hall–Kier alpha value is -3.02. The largest absolute Gasteiger partial charge is 0.493 e. The Morgan fingerprint density at radius 1 is 1.20 bits per heavy atom. The minimum Gasteiger partial charge on any atom is -0.493 e. The Balaban J connectivity index is 1.63. The second kappa shape index (κ2) is 4.99. The number of para-hydroxylation sites is 1. The predicted molar refractivity (Wildman–Crippen MR) is 93.7 cm³/mol. The van der Waals surface area contributed by atoms with E-state index >= 15 is 0 Å². The van der Waals surface area contributed by atoms with E-state index in [2.05, 4.69) is 11.4 Å². The van der Waals surface area contributed by atoms with Gasteiger partial charge in [-0.05, 0) is 13.0 Å². The molecule has 2 atom stereocenters. The maximum absolute atomic E-state index is 6.38. The lowest BCUT2D eigenvalue weighted by atomic mass is 9.92. The number of hydrogen-bond acceptors (Lipinski definition) is 5. The van der Waals surface area contributed by atoms with Crippen molar-refractivity contribution in [3.8, 4) is 22.9 Å². The summed E-state index contributed by atoms with van der Waals surface area (Å²) in [5.41, 5.74) is 1.47.